The van der Waals surface area contributed by atoms with Crippen LogP contribution in [0.15, 0.2) is 150 Å². The second kappa shape index (κ2) is 33.1. The lowest BCUT2D eigenvalue weighted by atomic mass is 9.90. The lowest BCUT2D eigenvalue weighted by Gasteiger charge is -2.31. The summed E-state index contributed by atoms with van der Waals surface area (Å²) in [6.07, 6.45) is 3.39. The van der Waals surface area contributed by atoms with Crippen molar-refractivity contribution < 1.29 is 71.3 Å². The minimum atomic E-state index is -1.35. The van der Waals surface area contributed by atoms with Gasteiger partial charge in [0.2, 0.25) is 12.3 Å². The van der Waals surface area contributed by atoms with Crippen molar-refractivity contribution in [2.75, 3.05) is 27.5 Å². The SMILES string of the molecule is CCCCCC(C(=O)NCNC(=O)c1ccc(-c2ccc(C(=O)NC(CC=O)C(=O)OCc3ccccc3)c(OCC(=O)OCc3ccccc3)c2)o1)C(CC)N(C=O)OC(=O)c1ccc(OC)cc1.COCc1ccccc1. The van der Waals surface area contributed by atoms with E-state index < -0.39 is 60.2 Å². The molecule has 0 spiro atoms. The standard InChI is InChI=1S/C52H56N4O14.C8H10O/c1-4-6-9-18-40(43(5-2)56(34-58)70-51(63)37-19-22-39(65-3)23-20-37)48(60)53-33-54-50(62)45-26-25-44(69-45)38-21-24-41(46(29-38)66-32-47(59)67-30-35-14-10-7-11-15-35)49(61)55-42(27-28-57)52(64)68-31-36-16-12-8-13-17-36;1-9-7-8-5-3-2-4-6-8/h7-8,10-17,19-26,28-29,34,40,42-43H,4-6,9,18,27,30-33H2,1-3H3,(H,53,60)(H,54,62)(H,55,61);2-6H,7H2,1H3. The van der Waals surface area contributed by atoms with Gasteiger partial charge in [-0.25, -0.2) is 14.4 Å². The Morgan fingerprint density at radius 3 is 1.90 bits per heavy atom. The highest BCUT2D eigenvalue weighted by atomic mass is 16.7. The Labute approximate surface area is 458 Å². The minimum absolute atomic E-state index is 0.0312. The number of nitrogens with zero attached hydrogens (tertiary/aromatic N) is 1. The van der Waals surface area contributed by atoms with Crippen LogP contribution < -0.4 is 25.4 Å². The van der Waals surface area contributed by atoms with Gasteiger partial charge in [0.05, 0.1) is 43.5 Å². The quantitative estimate of drug-likeness (QED) is 0.0126. The molecular weight excluding hydrogens is 1020 g/mol. The number of ether oxygens (including phenoxy) is 5. The van der Waals surface area contributed by atoms with Gasteiger partial charge >= 0.3 is 17.9 Å². The first kappa shape index (κ1) is 60.8. The predicted molar refractivity (Wildman–Crippen MR) is 290 cm³/mol. The number of hydroxylamine groups is 2. The van der Waals surface area contributed by atoms with E-state index in [1.165, 1.54) is 55.1 Å². The van der Waals surface area contributed by atoms with Crippen molar-refractivity contribution in [1.82, 2.24) is 21.0 Å². The Hall–Kier alpha value is -9.10. The number of carbonyl (C=O) groups is 8. The van der Waals surface area contributed by atoms with Crippen LogP contribution in [-0.2, 0) is 62.8 Å². The lowest BCUT2D eigenvalue weighted by Crippen LogP contribution is -2.49. The minimum Gasteiger partial charge on any atom is -0.497 e. The van der Waals surface area contributed by atoms with Gasteiger partial charge < -0.3 is 53.7 Å². The van der Waals surface area contributed by atoms with Crippen LogP contribution in [0.4, 0.5) is 0 Å². The molecule has 4 amide bonds. The third-order valence-corrected chi connectivity index (χ3v) is 12.0. The fourth-order valence-electron chi connectivity index (χ4n) is 7.86. The molecule has 416 valence electrons. The van der Waals surface area contributed by atoms with Crippen LogP contribution in [0.25, 0.3) is 11.3 Å². The molecule has 1 aromatic heterocycles. The predicted octanol–water partition coefficient (Wildman–Crippen LogP) is 8.35. The molecule has 19 heteroatoms. The van der Waals surface area contributed by atoms with Crippen LogP contribution in [0.2, 0.25) is 0 Å². The van der Waals surface area contributed by atoms with Crippen molar-refractivity contribution in [2.24, 2.45) is 5.92 Å². The maximum absolute atomic E-state index is 13.7. The zero-order valence-electron chi connectivity index (χ0n) is 44.6. The Morgan fingerprint density at radius 1 is 0.684 bits per heavy atom. The van der Waals surface area contributed by atoms with Crippen molar-refractivity contribution in [3.8, 4) is 22.8 Å². The van der Waals surface area contributed by atoms with E-state index in [-0.39, 0.29) is 61.1 Å². The number of rotatable bonds is 30. The van der Waals surface area contributed by atoms with Gasteiger partial charge in [0.1, 0.15) is 42.8 Å². The first-order valence-corrected chi connectivity index (χ1v) is 25.6. The zero-order chi connectivity index (χ0) is 56.8. The summed E-state index contributed by atoms with van der Waals surface area (Å²) in [5, 5.41) is 8.66. The summed E-state index contributed by atoms with van der Waals surface area (Å²) < 4.78 is 32.5. The Morgan fingerprint density at radius 2 is 1.32 bits per heavy atom. The molecule has 6 rings (SSSR count). The molecular formula is C60H66N4O15. The maximum atomic E-state index is 13.7. The lowest BCUT2D eigenvalue weighted by molar-refractivity contribution is -0.171. The highest BCUT2D eigenvalue weighted by Crippen LogP contribution is 2.30. The van der Waals surface area contributed by atoms with E-state index in [2.05, 4.69) is 16.0 Å². The van der Waals surface area contributed by atoms with Crippen LogP contribution in [0.3, 0.4) is 0 Å². The first-order chi connectivity index (χ1) is 38.4. The molecule has 0 aliphatic heterocycles. The van der Waals surface area contributed by atoms with Crippen LogP contribution in [0, 0.1) is 5.92 Å². The van der Waals surface area contributed by atoms with Gasteiger partial charge in [0.15, 0.2) is 12.4 Å². The molecule has 3 unspecified atom stereocenters. The van der Waals surface area contributed by atoms with E-state index in [0.29, 0.717) is 49.0 Å². The summed E-state index contributed by atoms with van der Waals surface area (Å²) in [4.78, 5) is 109. The molecule has 79 heavy (non-hydrogen) atoms. The molecule has 0 bridgehead atoms. The van der Waals surface area contributed by atoms with Crippen molar-refractivity contribution in [2.45, 2.75) is 84.3 Å². The van der Waals surface area contributed by atoms with E-state index in [1.807, 2.05) is 43.3 Å². The fraction of sp³-hybridized carbons (Fsp3) is 0.300. The number of furan rings is 1. The number of aldehydes is 1. The van der Waals surface area contributed by atoms with Crippen LogP contribution in [0.1, 0.15) is 100 Å². The first-order valence-electron chi connectivity index (χ1n) is 25.6. The van der Waals surface area contributed by atoms with Gasteiger partial charge in [-0.05, 0) is 78.1 Å². The van der Waals surface area contributed by atoms with Gasteiger partial charge in [0.25, 0.3) is 11.8 Å². The topological polar surface area (TPSA) is 244 Å². The van der Waals surface area contributed by atoms with Crippen molar-refractivity contribution in [3.63, 3.8) is 0 Å². The van der Waals surface area contributed by atoms with E-state index in [0.717, 1.165) is 23.5 Å². The number of hydrogen-bond donors (Lipinski definition) is 3. The molecule has 1 heterocycles. The van der Waals surface area contributed by atoms with Crippen LogP contribution in [0.5, 0.6) is 11.5 Å². The molecule has 3 N–H and O–H groups in total. The second-order valence-corrected chi connectivity index (χ2v) is 17.6. The molecule has 0 fully saturated rings. The highest BCUT2D eigenvalue weighted by molar-refractivity contribution is 6.00. The normalized spacial score (nSPS) is 11.6. The molecule has 19 nitrogen and oxygen atoms in total. The number of nitrogens with one attached hydrogen (secondary N) is 3. The van der Waals surface area contributed by atoms with Crippen LogP contribution >= 0.6 is 0 Å². The van der Waals surface area contributed by atoms with E-state index in [9.17, 15) is 38.4 Å². The molecule has 3 atom stereocenters. The molecule has 0 saturated heterocycles. The maximum Gasteiger partial charge on any atom is 0.363 e. The highest BCUT2D eigenvalue weighted by Gasteiger charge is 2.34. The second-order valence-electron chi connectivity index (χ2n) is 17.6. The number of benzene rings is 5. The van der Waals surface area contributed by atoms with Gasteiger partial charge in [-0.3, -0.25) is 19.2 Å². The Balaban J connectivity index is 0.00000116. The summed E-state index contributed by atoms with van der Waals surface area (Å²) in [7, 11) is 3.19. The molecule has 5 aromatic carbocycles. The summed E-state index contributed by atoms with van der Waals surface area (Å²) in [6, 6.07) is 39.0. The van der Waals surface area contributed by atoms with E-state index in [4.69, 9.17) is 32.9 Å². The fourth-order valence-corrected chi connectivity index (χ4v) is 7.86. The number of esters is 2. The zero-order valence-corrected chi connectivity index (χ0v) is 44.6. The van der Waals surface area contributed by atoms with Gasteiger partial charge in [-0.2, -0.15) is 5.06 Å². The summed E-state index contributed by atoms with van der Waals surface area (Å²) in [5.41, 5.74) is 3.03. The summed E-state index contributed by atoms with van der Waals surface area (Å²) in [6.45, 7) is 3.41. The van der Waals surface area contributed by atoms with Crippen molar-refractivity contribution in [3.05, 3.63) is 179 Å². The third kappa shape index (κ3) is 19.8. The van der Waals surface area contributed by atoms with Gasteiger partial charge in [-0.1, -0.05) is 130 Å². The Kier molecular flexibility index (Phi) is 25.5. The monoisotopic (exact) mass is 1080 g/mol. The summed E-state index contributed by atoms with van der Waals surface area (Å²) in [5.74, 6) is -4.81. The molecule has 0 aliphatic rings. The third-order valence-electron chi connectivity index (χ3n) is 12.0. The summed E-state index contributed by atoms with van der Waals surface area (Å²) >= 11 is 0. The van der Waals surface area contributed by atoms with Crippen LogP contribution in [-0.4, -0.2) is 93.0 Å². The molecule has 0 radical (unpaired) electrons. The number of hydrogen-bond acceptors (Lipinski definition) is 15. The van der Waals surface area contributed by atoms with E-state index >= 15 is 0 Å². The average molecular weight is 1080 g/mol. The number of methoxy groups -OCH3 is 2. The average Bonchev–Trinajstić information content (AvgIpc) is 4.03. The number of carbonyl (C=O) groups excluding carboxylic acids is 8. The smallest absolute Gasteiger partial charge is 0.363 e. The molecule has 0 aliphatic carbocycles. The van der Waals surface area contributed by atoms with Gasteiger partial charge in [0, 0.05) is 19.1 Å². The Bertz CT molecular complexity index is 2880. The largest absolute Gasteiger partial charge is 0.497 e. The number of amides is 4. The number of unbranched alkanes of at least 4 members (excludes halogenated alkanes) is 2. The van der Waals surface area contributed by atoms with Gasteiger partial charge in [-0.15, -0.1) is 0 Å². The van der Waals surface area contributed by atoms with Crippen molar-refractivity contribution >= 4 is 48.3 Å². The van der Waals surface area contributed by atoms with Crippen molar-refractivity contribution in [1.29, 1.82) is 0 Å². The van der Waals surface area contributed by atoms with E-state index in [1.54, 1.807) is 80.8 Å². The molecule has 6 aromatic rings. The molecule has 0 saturated carbocycles.